The van der Waals surface area contributed by atoms with Gasteiger partial charge in [0.15, 0.2) is 11.0 Å². The molecule has 3 aromatic rings. The molecule has 0 aliphatic heterocycles. The van der Waals surface area contributed by atoms with Gasteiger partial charge in [-0.15, -0.1) is 0 Å². The fraction of sp³-hybridized carbons (Fsp3) is 0.391. The summed E-state index contributed by atoms with van der Waals surface area (Å²) in [5.74, 6) is 2.43. The van der Waals surface area contributed by atoms with Crippen LogP contribution in [0.4, 0.5) is 17.3 Å². The monoisotopic (exact) mass is 434 g/mol. The standard InChI is InChI=1S/C23H26N6OS/c1-3-14-6-11-18-20(14)21(26-19-12-13(2)28-29-19)27-23(25-18)31-17-9-7-16(8-10-17)24-22(30)15-4-5-15/h7-10,12,14-15H,3-6,11H2,1-2H3,(H,24,30)(H2,25,26,27,28,29). The van der Waals surface area contributed by atoms with E-state index in [4.69, 9.17) is 9.97 Å². The van der Waals surface area contributed by atoms with E-state index in [1.807, 2.05) is 37.3 Å². The Labute approximate surface area is 185 Å². The minimum atomic E-state index is 0.122. The van der Waals surface area contributed by atoms with E-state index >= 15 is 0 Å². The molecule has 2 aromatic heterocycles. The summed E-state index contributed by atoms with van der Waals surface area (Å²) in [7, 11) is 0. The summed E-state index contributed by atoms with van der Waals surface area (Å²) >= 11 is 1.54. The normalized spacial score (nSPS) is 17.4. The van der Waals surface area contributed by atoms with Crippen molar-refractivity contribution >= 4 is 35.0 Å². The van der Waals surface area contributed by atoms with E-state index in [9.17, 15) is 4.79 Å². The molecule has 0 radical (unpaired) electrons. The van der Waals surface area contributed by atoms with Crippen LogP contribution in [0.1, 0.15) is 55.5 Å². The van der Waals surface area contributed by atoms with E-state index in [1.165, 1.54) is 17.3 Å². The third-order valence-corrected chi connectivity index (χ3v) is 6.74. The van der Waals surface area contributed by atoms with Gasteiger partial charge in [-0.2, -0.15) is 5.10 Å². The number of anilines is 3. The fourth-order valence-electron chi connectivity index (χ4n) is 4.02. The number of aryl methyl sites for hydroxylation is 2. The number of carbonyl (C=O) groups is 1. The first kappa shape index (κ1) is 20.1. The molecule has 1 fully saturated rings. The lowest BCUT2D eigenvalue weighted by Gasteiger charge is -2.15. The molecule has 5 rings (SSSR count). The number of hydrogen-bond acceptors (Lipinski definition) is 6. The number of benzene rings is 1. The highest BCUT2D eigenvalue weighted by Crippen LogP contribution is 2.41. The Kier molecular flexibility index (Phi) is 5.40. The zero-order valence-electron chi connectivity index (χ0n) is 17.7. The Morgan fingerprint density at radius 3 is 2.68 bits per heavy atom. The first-order valence-corrected chi connectivity index (χ1v) is 11.7. The summed E-state index contributed by atoms with van der Waals surface area (Å²) in [6.45, 7) is 4.20. The topological polar surface area (TPSA) is 95.6 Å². The second kappa shape index (κ2) is 8.34. The van der Waals surface area contributed by atoms with Gasteiger partial charge in [0.05, 0.1) is 5.69 Å². The number of hydrogen-bond donors (Lipinski definition) is 3. The van der Waals surface area contributed by atoms with Crippen molar-refractivity contribution in [1.29, 1.82) is 0 Å². The maximum absolute atomic E-state index is 11.9. The molecule has 0 spiro atoms. The highest BCUT2D eigenvalue weighted by molar-refractivity contribution is 7.99. The number of nitrogens with one attached hydrogen (secondary N) is 3. The molecule has 3 N–H and O–H groups in total. The number of nitrogens with zero attached hydrogens (tertiary/aromatic N) is 3. The van der Waals surface area contributed by atoms with Crippen molar-refractivity contribution in [2.24, 2.45) is 5.92 Å². The van der Waals surface area contributed by atoms with E-state index in [0.717, 1.165) is 70.9 Å². The van der Waals surface area contributed by atoms with Crippen LogP contribution in [0, 0.1) is 12.8 Å². The molecule has 2 aliphatic carbocycles. The largest absolute Gasteiger partial charge is 0.326 e. The van der Waals surface area contributed by atoms with Gasteiger partial charge in [-0.25, -0.2) is 9.97 Å². The molecule has 1 unspecified atom stereocenters. The van der Waals surface area contributed by atoms with E-state index in [1.54, 1.807) is 0 Å². The second-order valence-corrected chi connectivity index (χ2v) is 9.35. The Hall–Kier alpha value is -2.87. The van der Waals surface area contributed by atoms with Crippen LogP contribution in [0.25, 0.3) is 0 Å². The van der Waals surface area contributed by atoms with E-state index in [-0.39, 0.29) is 11.8 Å². The molecule has 2 heterocycles. The average molecular weight is 435 g/mol. The number of carbonyl (C=O) groups excluding carboxylic acids is 1. The van der Waals surface area contributed by atoms with Crippen LogP contribution in [0.3, 0.4) is 0 Å². The lowest BCUT2D eigenvalue weighted by molar-refractivity contribution is -0.117. The number of aromatic nitrogens is 4. The molecule has 0 bridgehead atoms. The summed E-state index contributed by atoms with van der Waals surface area (Å²) in [6.07, 6.45) is 5.17. The van der Waals surface area contributed by atoms with Crippen molar-refractivity contribution in [3.8, 4) is 0 Å². The number of aromatic amines is 1. The van der Waals surface area contributed by atoms with Gasteiger partial charge in [0.25, 0.3) is 0 Å². The highest BCUT2D eigenvalue weighted by atomic mass is 32.2. The van der Waals surface area contributed by atoms with Gasteiger partial charge in [0, 0.05) is 33.8 Å². The Morgan fingerprint density at radius 1 is 1.19 bits per heavy atom. The van der Waals surface area contributed by atoms with Crippen molar-refractivity contribution in [2.75, 3.05) is 10.6 Å². The maximum Gasteiger partial charge on any atom is 0.227 e. The minimum absolute atomic E-state index is 0.122. The summed E-state index contributed by atoms with van der Waals surface area (Å²) in [5, 5.41) is 14.4. The quantitative estimate of drug-likeness (QED) is 0.443. The van der Waals surface area contributed by atoms with Gasteiger partial charge in [0.1, 0.15) is 5.82 Å². The van der Waals surface area contributed by atoms with Crippen LogP contribution < -0.4 is 10.6 Å². The Balaban J connectivity index is 1.37. The minimum Gasteiger partial charge on any atom is -0.326 e. The molecule has 160 valence electrons. The molecule has 1 aromatic carbocycles. The second-order valence-electron chi connectivity index (χ2n) is 8.31. The van der Waals surface area contributed by atoms with Crippen LogP contribution in [-0.4, -0.2) is 26.1 Å². The van der Waals surface area contributed by atoms with Crippen molar-refractivity contribution in [3.05, 3.63) is 47.3 Å². The van der Waals surface area contributed by atoms with Crippen molar-refractivity contribution in [1.82, 2.24) is 20.2 Å². The van der Waals surface area contributed by atoms with Gasteiger partial charge < -0.3 is 10.6 Å². The lowest BCUT2D eigenvalue weighted by Crippen LogP contribution is -2.12. The number of fused-ring (bicyclic) bond motifs is 1. The lowest BCUT2D eigenvalue weighted by atomic mass is 10.0. The highest BCUT2D eigenvalue weighted by Gasteiger charge is 2.30. The van der Waals surface area contributed by atoms with Gasteiger partial charge >= 0.3 is 0 Å². The SMILES string of the molecule is CCC1CCc2nc(Sc3ccc(NC(=O)C4CC4)cc3)nc(Nc3cc(C)[nH]n3)c21. The molecule has 1 amide bonds. The molecule has 7 nitrogen and oxygen atoms in total. The third kappa shape index (κ3) is 4.44. The summed E-state index contributed by atoms with van der Waals surface area (Å²) in [5.41, 5.74) is 4.19. The zero-order valence-corrected chi connectivity index (χ0v) is 18.6. The predicted octanol–water partition coefficient (Wildman–Crippen LogP) is 5.19. The van der Waals surface area contributed by atoms with Gasteiger partial charge in [0.2, 0.25) is 5.91 Å². The van der Waals surface area contributed by atoms with E-state index < -0.39 is 0 Å². The van der Waals surface area contributed by atoms with Crippen molar-refractivity contribution in [2.45, 2.75) is 61.9 Å². The third-order valence-electron chi connectivity index (χ3n) is 5.87. The fourth-order valence-corrected chi connectivity index (χ4v) is 4.80. The first-order chi connectivity index (χ1) is 15.1. The Bertz CT molecular complexity index is 1110. The Morgan fingerprint density at radius 2 is 2.00 bits per heavy atom. The van der Waals surface area contributed by atoms with Crippen LogP contribution in [-0.2, 0) is 11.2 Å². The number of rotatable bonds is 7. The average Bonchev–Trinajstić information content (AvgIpc) is 3.42. The molecule has 1 saturated carbocycles. The van der Waals surface area contributed by atoms with Crippen LogP contribution >= 0.6 is 11.8 Å². The molecule has 31 heavy (non-hydrogen) atoms. The first-order valence-electron chi connectivity index (χ1n) is 10.9. The predicted molar refractivity (Wildman–Crippen MR) is 122 cm³/mol. The number of H-pyrrole nitrogens is 1. The summed E-state index contributed by atoms with van der Waals surface area (Å²) < 4.78 is 0. The smallest absolute Gasteiger partial charge is 0.227 e. The van der Waals surface area contributed by atoms with E-state index in [2.05, 4.69) is 27.8 Å². The van der Waals surface area contributed by atoms with Gasteiger partial charge in [-0.1, -0.05) is 6.92 Å². The van der Waals surface area contributed by atoms with Crippen molar-refractivity contribution in [3.63, 3.8) is 0 Å². The van der Waals surface area contributed by atoms with Gasteiger partial charge in [-0.3, -0.25) is 9.89 Å². The molecular weight excluding hydrogens is 408 g/mol. The van der Waals surface area contributed by atoms with Crippen LogP contribution in [0.5, 0.6) is 0 Å². The van der Waals surface area contributed by atoms with Crippen LogP contribution in [0.2, 0.25) is 0 Å². The van der Waals surface area contributed by atoms with Crippen molar-refractivity contribution < 1.29 is 4.79 Å². The molecular formula is C23H26N6OS. The summed E-state index contributed by atoms with van der Waals surface area (Å²) in [4.78, 5) is 22.7. The summed E-state index contributed by atoms with van der Waals surface area (Å²) in [6, 6.07) is 9.86. The maximum atomic E-state index is 11.9. The van der Waals surface area contributed by atoms with E-state index in [0.29, 0.717) is 5.92 Å². The zero-order chi connectivity index (χ0) is 21.4. The molecule has 8 heteroatoms. The molecule has 1 atom stereocenters. The molecule has 0 saturated heterocycles. The van der Waals surface area contributed by atoms with Crippen LogP contribution in [0.15, 0.2) is 40.4 Å². The number of amides is 1. The molecule has 2 aliphatic rings. The van der Waals surface area contributed by atoms with Gasteiger partial charge in [-0.05, 0) is 81.0 Å².